The van der Waals surface area contributed by atoms with Gasteiger partial charge in [0.1, 0.15) is 11.5 Å². The summed E-state index contributed by atoms with van der Waals surface area (Å²) >= 11 is 5.23. The van der Waals surface area contributed by atoms with E-state index in [-0.39, 0.29) is 17.0 Å². The molecule has 0 saturated carbocycles. The first kappa shape index (κ1) is 21.4. The lowest BCUT2D eigenvalue weighted by molar-refractivity contribution is 0.405. The molecule has 0 radical (unpaired) electrons. The molecule has 0 spiro atoms. The SMILES string of the molecule is COc1ccc(OC)c(NC(=S)Nc2ccn(Cc3c(F)c(F)cc(F)c3F)n2)c1. The van der Waals surface area contributed by atoms with E-state index in [9.17, 15) is 17.6 Å². The molecule has 0 aliphatic heterocycles. The molecule has 0 atom stereocenters. The number of ether oxygens (including phenoxy) is 2. The second kappa shape index (κ2) is 8.99. The van der Waals surface area contributed by atoms with Crippen LogP contribution in [-0.4, -0.2) is 29.1 Å². The number of anilines is 2. The third-order valence-corrected chi connectivity index (χ3v) is 4.26. The molecule has 0 aliphatic rings. The molecule has 2 aromatic carbocycles. The van der Waals surface area contributed by atoms with Crippen molar-refractivity contribution in [2.24, 2.45) is 0 Å². The smallest absolute Gasteiger partial charge is 0.176 e. The van der Waals surface area contributed by atoms with Crippen LogP contribution in [0.25, 0.3) is 0 Å². The van der Waals surface area contributed by atoms with Gasteiger partial charge in [0.05, 0.1) is 32.0 Å². The van der Waals surface area contributed by atoms with Crippen LogP contribution in [0.3, 0.4) is 0 Å². The van der Waals surface area contributed by atoms with E-state index in [0.717, 1.165) is 4.68 Å². The van der Waals surface area contributed by atoms with Gasteiger partial charge in [0, 0.05) is 24.4 Å². The first-order valence-electron chi connectivity index (χ1n) is 8.47. The Morgan fingerprint density at radius 1 is 1.00 bits per heavy atom. The molecule has 158 valence electrons. The van der Waals surface area contributed by atoms with Crippen molar-refractivity contribution in [1.82, 2.24) is 9.78 Å². The predicted molar refractivity (Wildman–Crippen MR) is 107 cm³/mol. The highest BCUT2D eigenvalue weighted by Crippen LogP contribution is 2.29. The molecule has 6 nitrogen and oxygen atoms in total. The van der Waals surface area contributed by atoms with E-state index >= 15 is 0 Å². The minimum Gasteiger partial charge on any atom is -0.497 e. The topological polar surface area (TPSA) is 60.3 Å². The normalized spacial score (nSPS) is 10.6. The van der Waals surface area contributed by atoms with Gasteiger partial charge in [0.15, 0.2) is 34.2 Å². The maximum absolute atomic E-state index is 13.8. The molecule has 1 heterocycles. The predicted octanol–water partition coefficient (Wildman–Crippen LogP) is 4.31. The van der Waals surface area contributed by atoms with Crippen molar-refractivity contribution < 1.29 is 27.0 Å². The van der Waals surface area contributed by atoms with Crippen molar-refractivity contribution in [3.63, 3.8) is 0 Å². The van der Waals surface area contributed by atoms with Gasteiger partial charge in [-0.2, -0.15) is 5.10 Å². The Kier molecular flexibility index (Phi) is 6.40. The van der Waals surface area contributed by atoms with E-state index in [4.69, 9.17) is 21.7 Å². The van der Waals surface area contributed by atoms with Crippen LogP contribution in [-0.2, 0) is 6.54 Å². The van der Waals surface area contributed by atoms with Crippen LogP contribution in [0.2, 0.25) is 0 Å². The van der Waals surface area contributed by atoms with E-state index in [1.807, 2.05) is 0 Å². The molecule has 1 aromatic heterocycles. The van der Waals surface area contributed by atoms with Crippen molar-refractivity contribution in [2.75, 3.05) is 24.9 Å². The number of hydrogen-bond donors (Lipinski definition) is 2. The number of hydrogen-bond acceptors (Lipinski definition) is 4. The van der Waals surface area contributed by atoms with Gasteiger partial charge in [0.25, 0.3) is 0 Å². The summed E-state index contributed by atoms with van der Waals surface area (Å²) in [5.74, 6) is -4.56. The summed E-state index contributed by atoms with van der Waals surface area (Å²) in [6.45, 7) is -0.516. The number of rotatable bonds is 6. The van der Waals surface area contributed by atoms with Gasteiger partial charge in [-0.3, -0.25) is 4.68 Å². The third-order valence-electron chi connectivity index (χ3n) is 4.06. The van der Waals surface area contributed by atoms with E-state index < -0.39 is 35.4 Å². The lowest BCUT2D eigenvalue weighted by Gasteiger charge is -2.13. The second-order valence-corrected chi connectivity index (χ2v) is 6.40. The van der Waals surface area contributed by atoms with Crippen molar-refractivity contribution in [3.05, 3.63) is 65.4 Å². The van der Waals surface area contributed by atoms with Gasteiger partial charge < -0.3 is 20.1 Å². The first-order valence-corrected chi connectivity index (χ1v) is 8.88. The molecule has 0 saturated heterocycles. The largest absolute Gasteiger partial charge is 0.497 e. The van der Waals surface area contributed by atoms with Crippen molar-refractivity contribution in [2.45, 2.75) is 6.54 Å². The highest BCUT2D eigenvalue weighted by atomic mass is 32.1. The number of nitrogens with zero attached hydrogens (tertiary/aromatic N) is 2. The number of benzene rings is 2. The fourth-order valence-electron chi connectivity index (χ4n) is 2.62. The van der Waals surface area contributed by atoms with E-state index in [0.29, 0.717) is 17.2 Å². The maximum atomic E-state index is 13.8. The summed E-state index contributed by atoms with van der Waals surface area (Å²) in [5.41, 5.74) is -0.239. The molecular weight excluding hydrogens is 424 g/mol. The Bertz CT molecular complexity index is 1060. The van der Waals surface area contributed by atoms with Crippen LogP contribution in [0.1, 0.15) is 5.56 Å². The monoisotopic (exact) mass is 440 g/mol. The lowest BCUT2D eigenvalue weighted by Crippen LogP contribution is -2.20. The fraction of sp³-hybridized carbons (Fsp3) is 0.158. The van der Waals surface area contributed by atoms with Crippen molar-refractivity contribution in [3.8, 4) is 11.5 Å². The average Bonchev–Trinajstić information content (AvgIpc) is 3.16. The highest BCUT2D eigenvalue weighted by molar-refractivity contribution is 7.80. The van der Waals surface area contributed by atoms with Crippen molar-refractivity contribution >= 4 is 28.8 Å². The molecule has 30 heavy (non-hydrogen) atoms. The number of thiocarbonyl (C=S) groups is 1. The highest BCUT2D eigenvalue weighted by Gasteiger charge is 2.19. The standard InChI is InChI=1S/C19H16F4N4O2S/c1-28-10-3-4-15(29-2)14(7-10)24-19(30)25-16-5-6-27(26-16)9-11-17(22)12(20)8-13(21)18(11)23/h3-8H,9H2,1-2H3,(H2,24,25,26,30). The molecule has 11 heteroatoms. The molecule has 3 rings (SSSR count). The van der Waals surface area contributed by atoms with Crippen molar-refractivity contribution in [1.29, 1.82) is 0 Å². The minimum atomic E-state index is -1.48. The van der Waals surface area contributed by atoms with Gasteiger partial charge in [-0.1, -0.05) is 0 Å². The molecule has 3 aromatic rings. The van der Waals surface area contributed by atoms with Crippen LogP contribution in [0, 0.1) is 23.3 Å². The first-order chi connectivity index (χ1) is 14.3. The van der Waals surface area contributed by atoms with E-state index in [2.05, 4.69) is 15.7 Å². The number of halogens is 4. The van der Waals surface area contributed by atoms with Gasteiger partial charge in [-0.05, 0) is 24.4 Å². The summed E-state index contributed by atoms with van der Waals surface area (Å²) in [7, 11) is 3.02. The molecular formula is C19H16F4N4O2S. The fourth-order valence-corrected chi connectivity index (χ4v) is 2.84. The van der Waals surface area contributed by atoms with Gasteiger partial charge in [-0.15, -0.1) is 0 Å². The Balaban J connectivity index is 1.72. The minimum absolute atomic E-state index is 0.154. The van der Waals surface area contributed by atoms with Crippen LogP contribution in [0.4, 0.5) is 29.1 Å². The second-order valence-electron chi connectivity index (χ2n) is 5.99. The van der Waals surface area contributed by atoms with E-state index in [1.54, 1.807) is 18.2 Å². The van der Waals surface area contributed by atoms with Crippen LogP contribution < -0.4 is 20.1 Å². The maximum Gasteiger partial charge on any atom is 0.176 e. The summed E-state index contributed by atoms with van der Waals surface area (Å²) < 4.78 is 65.9. The third kappa shape index (κ3) is 4.62. The Morgan fingerprint density at radius 2 is 1.70 bits per heavy atom. The van der Waals surface area contributed by atoms with Crippen LogP contribution in [0.15, 0.2) is 36.5 Å². The number of nitrogens with one attached hydrogen (secondary N) is 2. The summed E-state index contributed by atoms with van der Waals surface area (Å²) in [6.07, 6.45) is 1.37. The van der Waals surface area contributed by atoms with Gasteiger partial charge >= 0.3 is 0 Å². The Morgan fingerprint density at radius 3 is 2.33 bits per heavy atom. The lowest BCUT2D eigenvalue weighted by atomic mass is 10.2. The quantitative estimate of drug-likeness (QED) is 0.338. The molecule has 0 amide bonds. The van der Waals surface area contributed by atoms with Crippen LogP contribution >= 0.6 is 12.2 Å². The van der Waals surface area contributed by atoms with Gasteiger partial charge in [-0.25, -0.2) is 17.6 Å². The Hall–Kier alpha value is -3.34. The number of aromatic nitrogens is 2. The summed E-state index contributed by atoms with van der Waals surface area (Å²) in [6, 6.07) is 6.72. The molecule has 0 unspecified atom stereocenters. The molecule has 2 N–H and O–H groups in total. The Labute approximate surface area is 174 Å². The van der Waals surface area contributed by atoms with Crippen LogP contribution in [0.5, 0.6) is 11.5 Å². The molecule has 0 bridgehead atoms. The zero-order valence-corrected chi connectivity index (χ0v) is 16.6. The molecule has 0 aliphatic carbocycles. The summed E-state index contributed by atoms with van der Waals surface area (Å²) in [4.78, 5) is 0. The number of methoxy groups -OCH3 is 2. The summed E-state index contributed by atoms with van der Waals surface area (Å²) in [5, 5.41) is 9.92. The zero-order valence-electron chi connectivity index (χ0n) is 15.8. The molecule has 0 fully saturated rings. The van der Waals surface area contributed by atoms with E-state index in [1.165, 1.54) is 26.5 Å². The zero-order chi connectivity index (χ0) is 21.8. The average molecular weight is 440 g/mol. The van der Waals surface area contributed by atoms with Gasteiger partial charge in [0.2, 0.25) is 0 Å².